The van der Waals surface area contributed by atoms with Gasteiger partial charge < -0.3 is 0 Å². The van der Waals surface area contributed by atoms with Crippen molar-refractivity contribution in [3.8, 4) is 11.1 Å². The molecule has 0 heteroatoms. The zero-order valence-corrected chi connectivity index (χ0v) is 18.3. The van der Waals surface area contributed by atoms with Crippen molar-refractivity contribution in [2.75, 3.05) is 0 Å². The van der Waals surface area contributed by atoms with Crippen molar-refractivity contribution >= 4 is 0 Å². The summed E-state index contributed by atoms with van der Waals surface area (Å²) in [7, 11) is 0. The predicted molar refractivity (Wildman–Crippen MR) is 126 cm³/mol. The first kappa shape index (κ1) is 20.5. The third-order valence-electron chi connectivity index (χ3n) is 7.43. The Kier molecular flexibility index (Phi) is 7.25. The first-order valence-corrected chi connectivity index (χ1v) is 12.2. The zero-order valence-electron chi connectivity index (χ0n) is 18.3. The van der Waals surface area contributed by atoms with E-state index in [1.807, 2.05) is 0 Å². The fraction of sp³-hybridized carbons (Fsp3) is 0.517. The first-order chi connectivity index (χ1) is 14.3. The molecule has 0 radical (unpaired) electrons. The van der Waals surface area contributed by atoms with Crippen LogP contribution in [-0.2, 0) is 0 Å². The van der Waals surface area contributed by atoms with Crippen LogP contribution in [0.25, 0.3) is 11.1 Å². The summed E-state index contributed by atoms with van der Waals surface area (Å²) in [6.45, 7) is 2.31. The molecule has 1 fully saturated rings. The Balaban J connectivity index is 1.33. The van der Waals surface area contributed by atoms with Crippen molar-refractivity contribution < 1.29 is 0 Å². The van der Waals surface area contributed by atoms with Crippen LogP contribution in [0.3, 0.4) is 0 Å². The Hall–Kier alpha value is -1.82. The number of hydrogen-bond donors (Lipinski definition) is 0. The molecule has 0 N–H and O–H groups in total. The monoisotopic (exact) mass is 386 g/mol. The summed E-state index contributed by atoms with van der Waals surface area (Å²) in [5.74, 6) is 2.50. The molecule has 1 atom stereocenters. The summed E-state index contributed by atoms with van der Waals surface area (Å²) in [5.41, 5.74) is 5.78. The second kappa shape index (κ2) is 10.3. The van der Waals surface area contributed by atoms with E-state index in [2.05, 4.69) is 67.6 Å². The maximum absolute atomic E-state index is 2.40. The van der Waals surface area contributed by atoms with Gasteiger partial charge in [0, 0.05) is 0 Å². The maximum Gasteiger partial charge on any atom is -0.0124 e. The maximum atomic E-state index is 2.40. The molecule has 0 nitrogen and oxygen atoms in total. The molecular formula is C29H38. The second-order valence-electron chi connectivity index (χ2n) is 9.44. The fourth-order valence-corrected chi connectivity index (χ4v) is 5.46. The zero-order chi connectivity index (χ0) is 19.9. The van der Waals surface area contributed by atoms with Crippen LogP contribution in [0.1, 0.15) is 101 Å². The highest BCUT2D eigenvalue weighted by molar-refractivity contribution is 5.64. The number of allylic oxidation sites excluding steroid dienone is 2. The van der Waals surface area contributed by atoms with E-state index in [9.17, 15) is 0 Å². The number of hydrogen-bond acceptors (Lipinski definition) is 0. The minimum atomic E-state index is 0.716. The van der Waals surface area contributed by atoms with Gasteiger partial charge in [0.15, 0.2) is 0 Å². The lowest BCUT2D eigenvalue weighted by Crippen LogP contribution is -2.13. The lowest BCUT2D eigenvalue weighted by atomic mass is 9.77. The molecule has 4 rings (SSSR count). The summed E-state index contributed by atoms with van der Waals surface area (Å²) in [6, 6.07) is 18.9. The van der Waals surface area contributed by atoms with E-state index in [0.29, 0.717) is 5.92 Å². The standard InChI is InChI=1S/C29H38/c1-2-3-5-8-23-11-13-25(14-12-23)27-19-21-29(22-20-27)28-17-15-26(16-18-28)24-9-6-4-7-10-24/h4,6,15-25H,2-3,5,7-14H2,1H3. The fourth-order valence-electron chi connectivity index (χ4n) is 5.46. The Morgan fingerprint density at radius 2 is 1.28 bits per heavy atom. The second-order valence-corrected chi connectivity index (χ2v) is 9.44. The first-order valence-electron chi connectivity index (χ1n) is 12.2. The van der Waals surface area contributed by atoms with Gasteiger partial charge in [-0.1, -0.05) is 93.3 Å². The van der Waals surface area contributed by atoms with Crippen LogP contribution >= 0.6 is 0 Å². The Bertz CT molecular complexity index is 757. The molecule has 2 aliphatic rings. The largest absolute Gasteiger partial charge is 0.0885 e. The highest BCUT2D eigenvalue weighted by atomic mass is 14.3. The lowest BCUT2D eigenvalue weighted by molar-refractivity contribution is 0.303. The molecule has 0 aliphatic heterocycles. The SMILES string of the molecule is CCCCCC1CCC(c2ccc(-c3ccc(C4CC=CCC4)cc3)cc2)CC1. The van der Waals surface area contributed by atoms with Crippen LogP contribution in [0.15, 0.2) is 60.7 Å². The average molecular weight is 387 g/mol. The molecule has 1 saturated carbocycles. The van der Waals surface area contributed by atoms with Crippen molar-refractivity contribution in [2.24, 2.45) is 5.92 Å². The normalized spacial score (nSPS) is 24.5. The molecule has 0 amide bonds. The van der Waals surface area contributed by atoms with Crippen LogP contribution in [-0.4, -0.2) is 0 Å². The summed E-state index contributed by atoms with van der Waals surface area (Å²) >= 11 is 0. The Morgan fingerprint density at radius 3 is 1.83 bits per heavy atom. The van der Waals surface area contributed by atoms with Crippen molar-refractivity contribution in [2.45, 2.75) is 89.4 Å². The number of benzene rings is 2. The van der Waals surface area contributed by atoms with Crippen LogP contribution in [0, 0.1) is 5.92 Å². The van der Waals surface area contributed by atoms with Gasteiger partial charge in [-0.25, -0.2) is 0 Å². The highest BCUT2D eigenvalue weighted by Crippen LogP contribution is 2.38. The van der Waals surface area contributed by atoms with Gasteiger partial charge >= 0.3 is 0 Å². The van der Waals surface area contributed by atoms with Gasteiger partial charge in [0.2, 0.25) is 0 Å². The van der Waals surface area contributed by atoms with E-state index in [0.717, 1.165) is 11.8 Å². The smallest absolute Gasteiger partial charge is 0.0124 e. The molecule has 0 spiro atoms. The third-order valence-corrected chi connectivity index (χ3v) is 7.43. The molecule has 154 valence electrons. The molecular weight excluding hydrogens is 348 g/mol. The summed E-state index contributed by atoms with van der Waals surface area (Å²) in [5, 5.41) is 0. The van der Waals surface area contributed by atoms with E-state index in [-0.39, 0.29) is 0 Å². The molecule has 1 unspecified atom stereocenters. The van der Waals surface area contributed by atoms with Crippen molar-refractivity contribution in [3.63, 3.8) is 0 Å². The van der Waals surface area contributed by atoms with Gasteiger partial charge in [-0.15, -0.1) is 0 Å². The highest BCUT2D eigenvalue weighted by Gasteiger charge is 2.22. The summed E-state index contributed by atoms with van der Waals surface area (Å²) in [4.78, 5) is 0. The predicted octanol–water partition coefficient (Wildman–Crippen LogP) is 9.03. The van der Waals surface area contributed by atoms with Gasteiger partial charge in [-0.3, -0.25) is 0 Å². The lowest BCUT2D eigenvalue weighted by Gasteiger charge is -2.29. The molecule has 29 heavy (non-hydrogen) atoms. The quantitative estimate of drug-likeness (QED) is 0.329. The minimum absolute atomic E-state index is 0.716. The van der Waals surface area contributed by atoms with Gasteiger partial charge in [-0.2, -0.15) is 0 Å². The van der Waals surface area contributed by atoms with E-state index in [1.54, 1.807) is 5.56 Å². The third kappa shape index (κ3) is 5.41. The Morgan fingerprint density at radius 1 is 0.655 bits per heavy atom. The summed E-state index contributed by atoms with van der Waals surface area (Å²) in [6.07, 6.45) is 19.7. The molecule has 0 saturated heterocycles. The van der Waals surface area contributed by atoms with Crippen LogP contribution in [0.4, 0.5) is 0 Å². The van der Waals surface area contributed by atoms with E-state index in [4.69, 9.17) is 0 Å². The van der Waals surface area contributed by atoms with Crippen LogP contribution < -0.4 is 0 Å². The van der Waals surface area contributed by atoms with Crippen molar-refractivity contribution in [1.29, 1.82) is 0 Å². The van der Waals surface area contributed by atoms with E-state index in [1.165, 1.54) is 87.3 Å². The average Bonchev–Trinajstić information content (AvgIpc) is 2.81. The molecule has 2 aromatic rings. The van der Waals surface area contributed by atoms with Gasteiger partial charge in [-0.05, 0) is 85.0 Å². The molecule has 0 aromatic heterocycles. The van der Waals surface area contributed by atoms with Crippen LogP contribution in [0.2, 0.25) is 0 Å². The molecule has 0 heterocycles. The van der Waals surface area contributed by atoms with Crippen molar-refractivity contribution in [1.82, 2.24) is 0 Å². The topological polar surface area (TPSA) is 0 Å². The van der Waals surface area contributed by atoms with Gasteiger partial charge in [0.05, 0.1) is 0 Å². The number of unbranched alkanes of at least 4 members (excludes halogenated alkanes) is 2. The molecule has 2 aliphatic carbocycles. The molecule has 2 aromatic carbocycles. The van der Waals surface area contributed by atoms with Crippen LogP contribution in [0.5, 0.6) is 0 Å². The van der Waals surface area contributed by atoms with E-state index < -0.39 is 0 Å². The van der Waals surface area contributed by atoms with Gasteiger partial charge in [0.25, 0.3) is 0 Å². The number of rotatable bonds is 7. The Labute approximate surface area is 178 Å². The van der Waals surface area contributed by atoms with Crippen molar-refractivity contribution in [3.05, 3.63) is 71.8 Å². The van der Waals surface area contributed by atoms with Gasteiger partial charge in [0.1, 0.15) is 0 Å². The minimum Gasteiger partial charge on any atom is -0.0885 e. The molecule has 0 bridgehead atoms. The van der Waals surface area contributed by atoms with E-state index >= 15 is 0 Å². The summed E-state index contributed by atoms with van der Waals surface area (Å²) < 4.78 is 0.